The molecule has 1 aromatic carbocycles. The highest BCUT2D eigenvalue weighted by molar-refractivity contribution is 6.34. The molecule has 1 aromatic heterocycles. The first-order valence-electron chi connectivity index (χ1n) is 5.85. The molecule has 0 bridgehead atoms. The van der Waals surface area contributed by atoms with Crippen LogP contribution in [0.1, 0.15) is 19.2 Å². The number of hydrogen-bond donors (Lipinski definition) is 1. The van der Waals surface area contributed by atoms with Crippen LogP contribution in [-0.4, -0.2) is 9.97 Å². The fourth-order valence-electron chi connectivity index (χ4n) is 1.55. The van der Waals surface area contributed by atoms with E-state index in [0.29, 0.717) is 33.3 Å². The third-order valence-corrected chi connectivity index (χ3v) is 2.90. The minimum absolute atomic E-state index is 0.361. The predicted octanol–water partition coefficient (Wildman–Crippen LogP) is 4.11. The minimum Gasteiger partial charge on any atom is -0.437 e. The topological polar surface area (TPSA) is 61.0 Å². The van der Waals surface area contributed by atoms with Crippen LogP contribution < -0.4 is 10.5 Å². The van der Waals surface area contributed by atoms with Crippen LogP contribution in [0.3, 0.4) is 0 Å². The van der Waals surface area contributed by atoms with E-state index in [0.717, 1.165) is 12.8 Å². The van der Waals surface area contributed by atoms with Gasteiger partial charge in [0.25, 0.3) is 0 Å². The van der Waals surface area contributed by atoms with Crippen molar-refractivity contribution in [1.82, 2.24) is 9.97 Å². The van der Waals surface area contributed by atoms with E-state index in [-0.39, 0.29) is 0 Å². The van der Waals surface area contributed by atoms with Gasteiger partial charge in [-0.05, 0) is 18.6 Å². The monoisotopic (exact) mass is 297 g/mol. The Hall–Kier alpha value is -1.52. The highest BCUT2D eigenvalue weighted by Crippen LogP contribution is 2.31. The molecular weight excluding hydrogens is 285 g/mol. The second kappa shape index (κ2) is 6.08. The first-order chi connectivity index (χ1) is 9.08. The molecule has 100 valence electrons. The summed E-state index contributed by atoms with van der Waals surface area (Å²) in [6, 6.07) is 6.53. The number of benzene rings is 1. The first kappa shape index (κ1) is 13.9. The molecular formula is C13H13Cl2N3O. The molecule has 0 atom stereocenters. The first-order valence-corrected chi connectivity index (χ1v) is 6.60. The van der Waals surface area contributed by atoms with Gasteiger partial charge in [-0.1, -0.05) is 30.1 Å². The van der Waals surface area contributed by atoms with Crippen LogP contribution in [0.2, 0.25) is 10.0 Å². The lowest BCUT2D eigenvalue weighted by atomic mass is 10.3. The Balaban J connectivity index is 2.29. The molecule has 0 aliphatic carbocycles. The molecule has 0 spiro atoms. The van der Waals surface area contributed by atoms with Gasteiger partial charge in [0.05, 0.1) is 5.02 Å². The summed E-state index contributed by atoms with van der Waals surface area (Å²) in [5.41, 5.74) is 5.72. The van der Waals surface area contributed by atoms with Crippen LogP contribution >= 0.6 is 23.2 Å². The molecule has 0 saturated heterocycles. The quantitative estimate of drug-likeness (QED) is 0.922. The number of aromatic nitrogens is 2. The van der Waals surface area contributed by atoms with Crippen molar-refractivity contribution >= 4 is 29.0 Å². The van der Waals surface area contributed by atoms with Crippen molar-refractivity contribution in [3.8, 4) is 11.6 Å². The number of halogens is 2. The molecule has 0 radical (unpaired) electrons. The molecule has 0 aliphatic heterocycles. The Morgan fingerprint density at radius 1 is 1.21 bits per heavy atom. The van der Waals surface area contributed by atoms with Gasteiger partial charge in [0, 0.05) is 23.6 Å². The molecule has 0 amide bonds. The van der Waals surface area contributed by atoms with Crippen LogP contribution in [0.4, 0.5) is 5.82 Å². The summed E-state index contributed by atoms with van der Waals surface area (Å²) in [6.45, 7) is 2.04. The van der Waals surface area contributed by atoms with Crippen molar-refractivity contribution in [3.05, 3.63) is 40.1 Å². The van der Waals surface area contributed by atoms with E-state index >= 15 is 0 Å². The summed E-state index contributed by atoms with van der Waals surface area (Å²) in [4.78, 5) is 8.41. The SMILES string of the molecule is CCCc1nc(N)cc(Oc2cc(Cl)ccc2Cl)n1. The van der Waals surface area contributed by atoms with Crippen molar-refractivity contribution in [1.29, 1.82) is 0 Å². The van der Waals surface area contributed by atoms with Gasteiger partial charge >= 0.3 is 0 Å². The van der Waals surface area contributed by atoms with E-state index in [4.69, 9.17) is 33.7 Å². The van der Waals surface area contributed by atoms with Crippen LogP contribution in [0.15, 0.2) is 24.3 Å². The maximum atomic E-state index is 6.03. The van der Waals surface area contributed by atoms with E-state index in [9.17, 15) is 0 Å². The lowest BCUT2D eigenvalue weighted by Crippen LogP contribution is -2.01. The molecule has 0 aliphatic rings. The van der Waals surface area contributed by atoms with Gasteiger partial charge in [-0.15, -0.1) is 0 Å². The van der Waals surface area contributed by atoms with Crippen molar-refractivity contribution < 1.29 is 4.74 Å². The Morgan fingerprint density at radius 2 is 2.00 bits per heavy atom. The Morgan fingerprint density at radius 3 is 2.74 bits per heavy atom. The Bertz CT molecular complexity index is 590. The van der Waals surface area contributed by atoms with E-state index in [2.05, 4.69) is 9.97 Å². The van der Waals surface area contributed by atoms with Gasteiger partial charge in [0.1, 0.15) is 17.4 Å². The van der Waals surface area contributed by atoms with E-state index < -0.39 is 0 Å². The fraction of sp³-hybridized carbons (Fsp3) is 0.231. The van der Waals surface area contributed by atoms with Gasteiger partial charge in [-0.3, -0.25) is 0 Å². The lowest BCUT2D eigenvalue weighted by Gasteiger charge is -2.08. The van der Waals surface area contributed by atoms with E-state index in [1.54, 1.807) is 24.3 Å². The number of nitrogens with two attached hydrogens (primary N) is 1. The molecule has 0 saturated carbocycles. The second-order valence-corrected chi connectivity index (χ2v) is 4.82. The summed E-state index contributed by atoms with van der Waals surface area (Å²) in [5.74, 6) is 1.82. The van der Waals surface area contributed by atoms with E-state index in [1.165, 1.54) is 0 Å². The predicted molar refractivity (Wildman–Crippen MR) is 77.0 cm³/mol. The molecule has 6 heteroatoms. The molecule has 19 heavy (non-hydrogen) atoms. The fourth-order valence-corrected chi connectivity index (χ4v) is 1.87. The number of nitrogens with zero attached hydrogens (tertiary/aromatic N) is 2. The highest BCUT2D eigenvalue weighted by Gasteiger charge is 2.08. The Labute approximate surface area is 121 Å². The summed E-state index contributed by atoms with van der Waals surface area (Å²) in [5, 5.41) is 0.994. The third kappa shape index (κ3) is 3.72. The van der Waals surface area contributed by atoms with Gasteiger partial charge in [0.2, 0.25) is 5.88 Å². The van der Waals surface area contributed by atoms with Crippen LogP contribution in [0.25, 0.3) is 0 Å². The number of rotatable bonds is 4. The smallest absolute Gasteiger partial charge is 0.224 e. The average Bonchev–Trinajstić information content (AvgIpc) is 2.33. The van der Waals surface area contributed by atoms with Crippen molar-refractivity contribution in [2.24, 2.45) is 0 Å². The van der Waals surface area contributed by atoms with Gasteiger partial charge in [-0.25, -0.2) is 4.98 Å². The maximum Gasteiger partial charge on any atom is 0.224 e. The van der Waals surface area contributed by atoms with Gasteiger partial charge in [-0.2, -0.15) is 4.98 Å². The summed E-state index contributed by atoms with van der Waals surface area (Å²) in [6.07, 6.45) is 1.67. The highest BCUT2D eigenvalue weighted by atomic mass is 35.5. The summed E-state index contributed by atoms with van der Waals surface area (Å²) < 4.78 is 5.61. The summed E-state index contributed by atoms with van der Waals surface area (Å²) in [7, 11) is 0. The Kier molecular flexibility index (Phi) is 4.45. The van der Waals surface area contributed by atoms with Crippen LogP contribution in [0, 0.1) is 0 Å². The molecule has 2 rings (SSSR count). The molecule has 1 heterocycles. The molecule has 2 N–H and O–H groups in total. The third-order valence-electron chi connectivity index (χ3n) is 2.35. The zero-order chi connectivity index (χ0) is 13.8. The number of ether oxygens (including phenoxy) is 1. The maximum absolute atomic E-state index is 6.03. The van der Waals surface area contributed by atoms with Crippen molar-refractivity contribution in [2.45, 2.75) is 19.8 Å². The average molecular weight is 298 g/mol. The zero-order valence-electron chi connectivity index (χ0n) is 10.4. The standard InChI is InChI=1S/C13H13Cl2N3O/c1-2-3-12-17-11(16)7-13(18-12)19-10-6-8(14)4-5-9(10)15/h4-7H,2-3H2,1H3,(H2,16,17,18). The van der Waals surface area contributed by atoms with Crippen molar-refractivity contribution in [3.63, 3.8) is 0 Å². The van der Waals surface area contributed by atoms with E-state index in [1.807, 2.05) is 6.92 Å². The largest absolute Gasteiger partial charge is 0.437 e. The van der Waals surface area contributed by atoms with Crippen LogP contribution in [-0.2, 0) is 6.42 Å². The zero-order valence-corrected chi connectivity index (χ0v) is 11.9. The number of aryl methyl sites for hydroxylation is 1. The normalized spacial score (nSPS) is 10.5. The van der Waals surface area contributed by atoms with Crippen LogP contribution in [0.5, 0.6) is 11.6 Å². The van der Waals surface area contributed by atoms with Crippen molar-refractivity contribution in [2.75, 3.05) is 5.73 Å². The minimum atomic E-state index is 0.361. The summed E-state index contributed by atoms with van der Waals surface area (Å²) >= 11 is 11.9. The van der Waals surface area contributed by atoms with Gasteiger partial charge < -0.3 is 10.5 Å². The number of hydrogen-bond acceptors (Lipinski definition) is 4. The molecule has 2 aromatic rings. The molecule has 0 unspecified atom stereocenters. The van der Waals surface area contributed by atoms with Gasteiger partial charge in [0.15, 0.2) is 0 Å². The second-order valence-electron chi connectivity index (χ2n) is 3.97. The lowest BCUT2D eigenvalue weighted by molar-refractivity contribution is 0.459. The number of anilines is 1. The molecule has 4 nitrogen and oxygen atoms in total. The molecule has 0 fully saturated rings. The number of nitrogen functional groups attached to an aromatic ring is 1.